The van der Waals surface area contributed by atoms with Gasteiger partial charge in [0.05, 0.1) is 0 Å². The molecule has 0 saturated carbocycles. The summed E-state index contributed by atoms with van der Waals surface area (Å²) in [6.45, 7) is 2.40. The second-order valence-electron chi connectivity index (χ2n) is 6.03. The Morgan fingerprint density at radius 2 is 2.17 bits per heavy atom. The summed E-state index contributed by atoms with van der Waals surface area (Å²) in [5.74, 6) is -0.372. The predicted molar refractivity (Wildman–Crippen MR) is 93.7 cm³/mol. The molecule has 4 rings (SSSR count). The number of thiazole rings is 1. The highest BCUT2D eigenvalue weighted by Crippen LogP contribution is 2.28. The molecule has 6 heteroatoms. The lowest BCUT2D eigenvalue weighted by molar-refractivity contribution is 0.0949. The Labute approximate surface area is 143 Å². The van der Waals surface area contributed by atoms with E-state index in [1.807, 2.05) is 31.2 Å². The monoisotopic (exact) mass is 339 g/mol. The molecule has 0 aliphatic heterocycles. The van der Waals surface area contributed by atoms with Crippen LogP contribution in [0.5, 0.6) is 0 Å². The molecule has 1 aliphatic carbocycles. The number of carbonyl (C=O) groups excluding carboxylic acids is 1. The lowest BCUT2D eigenvalue weighted by Gasteiger charge is -2.08. The fourth-order valence-electron chi connectivity index (χ4n) is 3.14. The van der Waals surface area contributed by atoms with Gasteiger partial charge in [-0.25, -0.2) is 4.98 Å². The van der Waals surface area contributed by atoms with Gasteiger partial charge >= 0.3 is 0 Å². The maximum atomic E-state index is 12.7. The van der Waals surface area contributed by atoms with E-state index in [0.717, 1.165) is 36.1 Å². The van der Waals surface area contributed by atoms with Crippen LogP contribution in [0.25, 0.3) is 4.96 Å². The maximum absolute atomic E-state index is 12.7. The third kappa shape index (κ3) is 2.43. The van der Waals surface area contributed by atoms with E-state index in [-0.39, 0.29) is 17.0 Å². The molecule has 5 nitrogen and oxygen atoms in total. The number of carbonyl (C=O) groups is 1. The molecule has 1 amide bonds. The normalized spacial score (nSPS) is 13.2. The van der Waals surface area contributed by atoms with E-state index in [2.05, 4.69) is 10.3 Å². The molecule has 0 spiro atoms. The van der Waals surface area contributed by atoms with E-state index in [9.17, 15) is 9.59 Å². The molecule has 2 aromatic heterocycles. The van der Waals surface area contributed by atoms with Crippen LogP contribution in [0.3, 0.4) is 0 Å². The van der Waals surface area contributed by atoms with E-state index in [1.165, 1.54) is 11.1 Å². The second-order valence-corrected chi connectivity index (χ2v) is 7.09. The number of benzene rings is 1. The van der Waals surface area contributed by atoms with Crippen LogP contribution < -0.4 is 10.9 Å². The minimum Gasteiger partial charge on any atom is -0.348 e. The summed E-state index contributed by atoms with van der Waals surface area (Å²) in [6, 6.07) is 7.86. The Morgan fingerprint density at radius 3 is 3.00 bits per heavy atom. The number of aromatic nitrogens is 2. The maximum Gasteiger partial charge on any atom is 0.271 e. The van der Waals surface area contributed by atoms with Gasteiger partial charge in [0.1, 0.15) is 5.56 Å². The Kier molecular flexibility index (Phi) is 3.69. The van der Waals surface area contributed by atoms with Crippen LogP contribution in [0.4, 0.5) is 0 Å². The first-order valence-electron chi connectivity index (χ1n) is 8.00. The molecule has 0 bridgehead atoms. The Bertz CT molecular complexity index is 1000. The van der Waals surface area contributed by atoms with Crippen molar-refractivity contribution in [2.75, 3.05) is 0 Å². The van der Waals surface area contributed by atoms with Crippen molar-refractivity contribution in [1.82, 2.24) is 14.7 Å². The molecule has 122 valence electrons. The van der Waals surface area contributed by atoms with Gasteiger partial charge in [0.25, 0.3) is 11.5 Å². The zero-order valence-corrected chi connectivity index (χ0v) is 14.2. The van der Waals surface area contributed by atoms with Crippen molar-refractivity contribution in [3.8, 4) is 0 Å². The lowest BCUT2D eigenvalue weighted by atomic mass is 10.1. The number of aryl methyl sites for hydroxylation is 3. The van der Waals surface area contributed by atoms with E-state index < -0.39 is 0 Å². The Balaban J connectivity index is 1.64. The van der Waals surface area contributed by atoms with Crippen molar-refractivity contribution in [2.24, 2.45) is 0 Å². The average molecular weight is 339 g/mol. The van der Waals surface area contributed by atoms with Crippen molar-refractivity contribution >= 4 is 22.2 Å². The van der Waals surface area contributed by atoms with Gasteiger partial charge in [0.2, 0.25) is 0 Å². The summed E-state index contributed by atoms with van der Waals surface area (Å²) in [5, 5.41) is 2.83. The number of nitrogens with zero attached hydrogens (tertiary/aromatic N) is 2. The van der Waals surface area contributed by atoms with E-state index in [1.54, 1.807) is 15.7 Å². The highest BCUT2D eigenvalue weighted by atomic mass is 32.1. The third-order valence-electron chi connectivity index (χ3n) is 4.50. The van der Waals surface area contributed by atoms with Crippen LogP contribution >= 0.6 is 11.3 Å². The molecule has 2 heterocycles. The third-order valence-corrected chi connectivity index (χ3v) is 5.65. The van der Waals surface area contributed by atoms with Crippen molar-refractivity contribution in [3.05, 3.63) is 68.1 Å². The van der Waals surface area contributed by atoms with Gasteiger partial charge in [0.15, 0.2) is 4.96 Å². The number of hydrogen-bond acceptors (Lipinski definition) is 4. The van der Waals surface area contributed by atoms with Gasteiger partial charge in [-0.3, -0.25) is 14.0 Å². The zero-order valence-electron chi connectivity index (χ0n) is 13.3. The van der Waals surface area contributed by atoms with Crippen LogP contribution in [-0.2, 0) is 19.4 Å². The lowest BCUT2D eigenvalue weighted by Crippen LogP contribution is -2.31. The van der Waals surface area contributed by atoms with Crippen LogP contribution in [0.15, 0.2) is 35.3 Å². The van der Waals surface area contributed by atoms with Crippen molar-refractivity contribution in [2.45, 2.75) is 32.7 Å². The molecule has 0 atom stereocenters. The van der Waals surface area contributed by atoms with Gasteiger partial charge in [-0.05, 0) is 37.3 Å². The van der Waals surface area contributed by atoms with Crippen molar-refractivity contribution in [1.29, 1.82) is 0 Å². The predicted octanol–water partition coefficient (Wildman–Crippen LogP) is 2.48. The minimum absolute atomic E-state index is 0.105. The molecule has 0 fully saturated rings. The fraction of sp³-hybridized carbons (Fsp3) is 0.278. The summed E-state index contributed by atoms with van der Waals surface area (Å²) >= 11 is 1.55. The molecule has 0 unspecified atom stereocenters. The largest absolute Gasteiger partial charge is 0.348 e. The van der Waals surface area contributed by atoms with Crippen LogP contribution in [-0.4, -0.2) is 15.3 Å². The smallest absolute Gasteiger partial charge is 0.271 e. The standard InChI is InChI=1S/C18H17N3O2S/c1-11-5-2-3-6-12(11)9-19-16(22)13-10-20-18-21(17(13)23)14-7-4-8-15(14)24-18/h2-3,5-6,10H,4,7-9H2,1H3,(H,19,22). The van der Waals surface area contributed by atoms with Gasteiger partial charge in [0, 0.05) is 23.3 Å². The Morgan fingerprint density at radius 1 is 1.33 bits per heavy atom. The summed E-state index contributed by atoms with van der Waals surface area (Å²) in [7, 11) is 0. The molecule has 0 radical (unpaired) electrons. The van der Waals surface area contributed by atoms with E-state index >= 15 is 0 Å². The molecule has 1 N–H and O–H groups in total. The molecule has 3 aromatic rings. The fourth-order valence-corrected chi connectivity index (χ4v) is 4.31. The second kappa shape index (κ2) is 5.87. The summed E-state index contributed by atoms with van der Waals surface area (Å²) in [6.07, 6.45) is 4.34. The highest BCUT2D eigenvalue weighted by molar-refractivity contribution is 7.17. The first-order valence-corrected chi connectivity index (χ1v) is 8.82. The summed E-state index contributed by atoms with van der Waals surface area (Å²) in [4.78, 5) is 31.4. The summed E-state index contributed by atoms with van der Waals surface area (Å²) in [5.41, 5.74) is 3.02. The van der Waals surface area contributed by atoms with Crippen LogP contribution in [0.1, 0.15) is 38.5 Å². The van der Waals surface area contributed by atoms with Crippen LogP contribution in [0.2, 0.25) is 0 Å². The molecule has 0 saturated heterocycles. The molecule has 1 aliphatic rings. The van der Waals surface area contributed by atoms with Gasteiger partial charge < -0.3 is 5.32 Å². The molecular weight excluding hydrogens is 322 g/mol. The van der Waals surface area contributed by atoms with Gasteiger partial charge in [-0.15, -0.1) is 11.3 Å². The highest BCUT2D eigenvalue weighted by Gasteiger charge is 2.22. The first kappa shape index (κ1) is 15.1. The van der Waals surface area contributed by atoms with Gasteiger partial charge in [-0.1, -0.05) is 24.3 Å². The quantitative estimate of drug-likeness (QED) is 0.797. The number of hydrogen-bond donors (Lipinski definition) is 1. The molecule has 1 aromatic carbocycles. The summed E-state index contributed by atoms with van der Waals surface area (Å²) < 4.78 is 1.62. The van der Waals surface area contributed by atoms with Gasteiger partial charge in [-0.2, -0.15) is 0 Å². The SMILES string of the molecule is Cc1ccccc1CNC(=O)c1cnc2sc3c(n2c1=O)CCC3. The average Bonchev–Trinajstić information content (AvgIpc) is 3.15. The van der Waals surface area contributed by atoms with E-state index in [4.69, 9.17) is 0 Å². The number of rotatable bonds is 3. The molecule has 24 heavy (non-hydrogen) atoms. The minimum atomic E-state index is -0.372. The van der Waals surface area contributed by atoms with Crippen LogP contribution in [0, 0.1) is 6.92 Å². The number of fused-ring (bicyclic) bond motifs is 3. The first-order chi connectivity index (χ1) is 11.6. The van der Waals surface area contributed by atoms with Crippen molar-refractivity contribution in [3.63, 3.8) is 0 Å². The number of nitrogens with one attached hydrogen (secondary N) is 1. The van der Waals surface area contributed by atoms with E-state index in [0.29, 0.717) is 11.5 Å². The van der Waals surface area contributed by atoms with Crippen molar-refractivity contribution < 1.29 is 4.79 Å². The topological polar surface area (TPSA) is 63.5 Å². The zero-order chi connectivity index (χ0) is 16.7. The Hall–Kier alpha value is -2.47. The molecular formula is C18H17N3O2S. The number of amides is 1.